The van der Waals surface area contributed by atoms with Gasteiger partial charge in [-0.15, -0.1) is 0 Å². The number of hydrogen-bond acceptors (Lipinski definition) is 6. The summed E-state index contributed by atoms with van der Waals surface area (Å²) in [4.78, 5) is 51.9. The van der Waals surface area contributed by atoms with E-state index >= 15 is 0 Å². The van der Waals surface area contributed by atoms with Crippen LogP contribution in [0.5, 0.6) is 0 Å². The average molecular weight is 411 g/mol. The molecule has 2 aliphatic rings. The van der Waals surface area contributed by atoms with E-state index in [9.17, 15) is 19.2 Å². The maximum atomic E-state index is 12.6. The van der Waals surface area contributed by atoms with E-state index < -0.39 is 6.04 Å². The molecule has 0 unspecified atom stereocenters. The summed E-state index contributed by atoms with van der Waals surface area (Å²) >= 11 is 0. The highest BCUT2D eigenvalue weighted by Gasteiger charge is 2.42. The molecule has 0 spiro atoms. The lowest BCUT2D eigenvalue weighted by Crippen LogP contribution is -2.54. The van der Waals surface area contributed by atoms with Crippen molar-refractivity contribution >= 4 is 29.4 Å². The molecule has 3 heterocycles. The van der Waals surface area contributed by atoms with Crippen molar-refractivity contribution in [2.45, 2.75) is 12.6 Å². The Morgan fingerprint density at radius 1 is 1.13 bits per heavy atom. The van der Waals surface area contributed by atoms with E-state index in [2.05, 4.69) is 16.0 Å². The number of nitrogens with zero attached hydrogens (tertiary/aromatic N) is 2. The van der Waals surface area contributed by atoms with Crippen LogP contribution in [-0.2, 0) is 16.1 Å². The number of nitrogens with one attached hydrogen (secondary N) is 3. The standard InChI is InChI=1S/C20H21N5O5/c26-17(12-24-7-8-25-16(11-24)19(28)23-20(25)29)22-15-6-2-1-5-14(15)18(27)21-10-13-4-3-9-30-13/h1-6,9,16H,7-8,10-12H2,(H,21,27)(H,22,26)(H,23,28,29)/t16-/m1/s1. The van der Waals surface area contributed by atoms with Gasteiger partial charge in [-0.1, -0.05) is 12.1 Å². The summed E-state index contributed by atoms with van der Waals surface area (Å²) in [5, 5.41) is 7.80. The van der Waals surface area contributed by atoms with E-state index in [1.807, 2.05) is 4.90 Å². The smallest absolute Gasteiger partial charge is 0.324 e. The minimum atomic E-state index is -0.571. The van der Waals surface area contributed by atoms with Gasteiger partial charge in [-0.05, 0) is 24.3 Å². The van der Waals surface area contributed by atoms with Crippen LogP contribution in [-0.4, -0.2) is 65.8 Å². The second-order valence-electron chi connectivity index (χ2n) is 7.09. The Morgan fingerprint density at radius 2 is 1.97 bits per heavy atom. The van der Waals surface area contributed by atoms with Gasteiger partial charge in [0.1, 0.15) is 11.8 Å². The van der Waals surface area contributed by atoms with Gasteiger partial charge in [0, 0.05) is 19.6 Å². The third-order valence-electron chi connectivity index (χ3n) is 5.07. The van der Waals surface area contributed by atoms with E-state index in [1.165, 1.54) is 11.2 Å². The fourth-order valence-electron chi connectivity index (χ4n) is 3.57. The minimum absolute atomic E-state index is 0.0498. The first kappa shape index (κ1) is 19.6. The number of carbonyl (C=O) groups is 4. The molecule has 156 valence electrons. The minimum Gasteiger partial charge on any atom is -0.467 e. The molecule has 4 rings (SSSR count). The van der Waals surface area contributed by atoms with Gasteiger partial charge in [-0.25, -0.2) is 4.79 Å². The van der Waals surface area contributed by atoms with Crippen LogP contribution in [0.25, 0.3) is 0 Å². The quantitative estimate of drug-likeness (QED) is 0.591. The highest BCUT2D eigenvalue weighted by Crippen LogP contribution is 2.17. The number of anilines is 1. The zero-order valence-electron chi connectivity index (χ0n) is 16.1. The Labute approximate surface area is 172 Å². The molecule has 2 aromatic rings. The average Bonchev–Trinajstić information content (AvgIpc) is 3.34. The highest BCUT2D eigenvalue weighted by molar-refractivity contribution is 6.05. The van der Waals surface area contributed by atoms with E-state index in [-0.39, 0.29) is 43.4 Å². The Bertz CT molecular complexity index is 974. The lowest BCUT2D eigenvalue weighted by atomic mass is 10.1. The topological polar surface area (TPSA) is 124 Å². The molecule has 10 heteroatoms. The number of benzene rings is 1. The van der Waals surface area contributed by atoms with Gasteiger partial charge in [-0.2, -0.15) is 0 Å². The summed E-state index contributed by atoms with van der Waals surface area (Å²) in [6.07, 6.45) is 1.53. The maximum Gasteiger partial charge on any atom is 0.324 e. The highest BCUT2D eigenvalue weighted by atomic mass is 16.3. The Morgan fingerprint density at radius 3 is 2.77 bits per heavy atom. The number of furan rings is 1. The molecule has 10 nitrogen and oxygen atoms in total. The largest absolute Gasteiger partial charge is 0.467 e. The molecule has 2 aliphatic heterocycles. The number of hydrogen-bond donors (Lipinski definition) is 3. The van der Waals surface area contributed by atoms with Crippen LogP contribution in [0.4, 0.5) is 10.5 Å². The third-order valence-corrected chi connectivity index (χ3v) is 5.07. The molecular formula is C20H21N5O5. The number of carbonyl (C=O) groups excluding carboxylic acids is 4. The first-order valence-electron chi connectivity index (χ1n) is 9.54. The maximum absolute atomic E-state index is 12.6. The molecule has 0 aliphatic carbocycles. The van der Waals surface area contributed by atoms with Gasteiger partial charge in [0.15, 0.2) is 0 Å². The van der Waals surface area contributed by atoms with Crippen molar-refractivity contribution in [3.8, 4) is 0 Å². The number of amides is 5. The van der Waals surface area contributed by atoms with Gasteiger partial charge in [0.05, 0.1) is 30.6 Å². The van der Waals surface area contributed by atoms with E-state index in [0.29, 0.717) is 30.1 Å². The van der Waals surface area contributed by atoms with E-state index in [0.717, 1.165) is 0 Å². The summed E-state index contributed by atoms with van der Waals surface area (Å²) in [6, 6.07) is 9.26. The van der Waals surface area contributed by atoms with Gasteiger partial charge < -0.3 is 20.0 Å². The summed E-state index contributed by atoms with van der Waals surface area (Å²) in [5.74, 6) is -0.362. The molecular weight excluding hydrogens is 390 g/mol. The lowest BCUT2D eigenvalue weighted by molar-refractivity contribution is -0.124. The normalized spacial score (nSPS) is 18.7. The SMILES string of the molecule is O=C(CN1CCN2C(=O)NC(=O)[C@H]2C1)Nc1ccccc1C(=O)NCc1ccco1. The van der Waals surface area contributed by atoms with Gasteiger partial charge >= 0.3 is 6.03 Å². The Hall–Kier alpha value is -3.66. The molecule has 0 saturated carbocycles. The van der Waals surface area contributed by atoms with Gasteiger partial charge in [-0.3, -0.25) is 24.6 Å². The second-order valence-corrected chi connectivity index (χ2v) is 7.09. The number of para-hydroxylation sites is 1. The third kappa shape index (κ3) is 4.18. The predicted octanol–water partition coefficient (Wildman–Crippen LogP) is 0.384. The first-order chi connectivity index (χ1) is 14.5. The van der Waals surface area contributed by atoms with Crippen molar-refractivity contribution in [1.82, 2.24) is 20.4 Å². The summed E-state index contributed by atoms with van der Waals surface area (Å²) < 4.78 is 5.20. The van der Waals surface area contributed by atoms with Crippen LogP contribution >= 0.6 is 0 Å². The zero-order valence-corrected chi connectivity index (χ0v) is 16.1. The van der Waals surface area contributed by atoms with Crippen molar-refractivity contribution in [2.24, 2.45) is 0 Å². The number of fused-ring (bicyclic) bond motifs is 1. The fraction of sp³-hybridized carbons (Fsp3) is 0.300. The molecule has 2 fully saturated rings. The van der Waals surface area contributed by atoms with Gasteiger partial charge in [0.25, 0.3) is 11.8 Å². The second kappa shape index (κ2) is 8.37. The molecule has 5 amide bonds. The van der Waals surface area contributed by atoms with Crippen LogP contribution in [0.15, 0.2) is 47.1 Å². The number of imide groups is 1. The van der Waals surface area contributed by atoms with Crippen molar-refractivity contribution in [2.75, 3.05) is 31.5 Å². The fourth-order valence-corrected chi connectivity index (χ4v) is 3.57. The van der Waals surface area contributed by atoms with E-state index in [4.69, 9.17) is 4.42 Å². The molecule has 0 radical (unpaired) electrons. The van der Waals surface area contributed by atoms with Crippen LogP contribution in [0, 0.1) is 0 Å². The number of rotatable bonds is 6. The van der Waals surface area contributed by atoms with Crippen LogP contribution in [0.3, 0.4) is 0 Å². The first-order valence-corrected chi connectivity index (χ1v) is 9.54. The Balaban J connectivity index is 1.35. The summed E-state index contributed by atoms with van der Waals surface area (Å²) in [6.45, 7) is 1.43. The van der Waals surface area contributed by atoms with Crippen molar-refractivity contribution in [3.05, 3.63) is 54.0 Å². The summed E-state index contributed by atoms with van der Waals surface area (Å²) in [7, 11) is 0. The monoisotopic (exact) mass is 411 g/mol. The lowest BCUT2D eigenvalue weighted by Gasteiger charge is -2.34. The van der Waals surface area contributed by atoms with Crippen molar-refractivity contribution < 1.29 is 23.6 Å². The zero-order chi connectivity index (χ0) is 21.1. The molecule has 1 aromatic carbocycles. The molecule has 1 atom stereocenters. The Kier molecular flexibility index (Phi) is 5.48. The van der Waals surface area contributed by atoms with Crippen molar-refractivity contribution in [1.29, 1.82) is 0 Å². The number of urea groups is 1. The van der Waals surface area contributed by atoms with Gasteiger partial charge in [0.2, 0.25) is 5.91 Å². The molecule has 3 N–H and O–H groups in total. The van der Waals surface area contributed by atoms with Crippen molar-refractivity contribution in [3.63, 3.8) is 0 Å². The molecule has 2 saturated heterocycles. The molecule has 30 heavy (non-hydrogen) atoms. The molecule has 0 bridgehead atoms. The van der Waals surface area contributed by atoms with Crippen LogP contribution in [0.1, 0.15) is 16.1 Å². The predicted molar refractivity (Wildman–Crippen MR) is 105 cm³/mol. The van der Waals surface area contributed by atoms with Crippen LogP contribution in [0.2, 0.25) is 0 Å². The molecule has 1 aromatic heterocycles. The summed E-state index contributed by atoms with van der Waals surface area (Å²) in [5.41, 5.74) is 0.731. The van der Waals surface area contributed by atoms with E-state index in [1.54, 1.807) is 36.4 Å². The van der Waals surface area contributed by atoms with Crippen LogP contribution < -0.4 is 16.0 Å². The number of piperazine rings is 1.